The van der Waals surface area contributed by atoms with Gasteiger partial charge in [0, 0.05) is 6.42 Å². The number of esters is 1. The highest BCUT2D eigenvalue weighted by Crippen LogP contribution is 2.17. The average Bonchev–Trinajstić information content (AvgIpc) is 3.22. The molecule has 3 unspecified atom stereocenters. The minimum absolute atomic E-state index is 0.0487. The third-order valence-corrected chi connectivity index (χ3v) is 10.9. The molecule has 3 atom stereocenters. The lowest BCUT2D eigenvalue weighted by Crippen LogP contribution is -2.46. The van der Waals surface area contributed by atoms with Gasteiger partial charge >= 0.3 is 5.97 Å². The first-order chi connectivity index (χ1) is 28.5. The van der Waals surface area contributed by atoms with Gasteiger partial charge in [-0.25, -0.2) is 0 Å². The Morgan fingerprint density at radius 1 is 0.517 bits per heavy atom. The van der Waals surface area contributed by atoms with Crippen LogP contribution in [-0.2, 0) is 14.3 Å². The van der Waals surface area contributed by atoms with Crippen LogP contribution in [0, 0.1) is 0 Å². The highest BCUT2D eigenvalue weighted by Gasteiger charge is 2.24. The van der Waals surface area contributed by atoms with Gasteiger partial charge in [-0.3, -0.25) is 9.59 Å². The summed E-state index contributed by atoms with van der Waals surface area (Å²) in [6, 6.07) is -0.714. The first-order valence-electron chi connectivity index (χ1n) is 24.5. The highest BCUT2D eigenvalue weighted by molar-refractivity contribution is 5.77. The molecule has 0 aromatic heterocycles. The fourth-order valence-electron chi connectivity index (χ4n) is 7.19. The fourth-order valence-corrected chi connectivity index (χ4v) is 7.19. The van der Waals surface area contributed by atoms with Gasteiger partial charge in [0.15, 0.2) is 0 Å². The summed E-state index contributed by atoms with van der Waals surface area (Å²) in [5.74, 6) is -0.570. The SMILES string of the molecule is CC/C=C/C/C=C/C/C=C/C/C=C/C/C=C/CCC(=O)OC(CCCCCCCCCCCCCC)CC(=O)NC(CO)C(O)CCCCCCCCCCCCC. The summed E-state index contributed by atoms with van der Waals surface area (Å²) in [5.41, 5.74) is 0. The molecule has 1 amide bonds. The number of hydrogen-bond acceptors (Lipinski definition) is 5. The summed E-state index contributed by atoms with van der Waals surface area (Å²) in [5, 5.41) is 23.7. The van der Waals surface area contributed by atoms with Crippen LogP contribution in [0.1, 0.15) is 233 Å². The molecule has 0 spiro atoms. The second-order valence-electron chi connectivity index (χ2n) is 16.5. The summed E-state index contributed by atoms with van der Waals surface area (Å²) in [4.78, 5) is 26.0. The third-order valence-electron chi connectivity index (χ3n) is 10.9. The normalized spacial score (nSPS) is 13.8. The van der Waals surface area contributed by atoms with Crippen LogP contribution < -0.4 is 5.32 Å². The number of carbonyl (C=O) groups is 2. The first kappa shape index (κ1) is 55.6. The van der Waals surface area contributed by atoms with Gasteiger partial charge in [-0.05, 0) is 57.8 Å². The second kappa shape index (κ2) is 45.6. The van der Waals surface area contributed by atoms with Crippen LogP contribution in [0.5, 0.6) is 0 Å². The number of ether oxygens (including phenoxy) is 1. The summed E-state index contributed by atoms with van der Waals surface area (Å²) >= 11 is 0. The van der Waals surface area contributed by atoms with Crippen molar-refractivity contribution in [1.29, 1.82) is 0 Å². The first-order valence-corrected chi connectivity index (χ1v) is 24.5. The standard InChI is InChI=1S/C52H93NO5/c1-4-7-10-13-16-19-22-24-25-26-27-30-33-36-39-42-45-52(57)58-48(43-40-37-34-31-29-23-20-17-14-11-8-5-2)46-51(56)53-49(47-54)50(55)44-41-38-35-32-28-21-18-15-12-9-6-3/h7,10,16,19,24-25,27,30,36,39,48-50,54-55H,4-6,8-9,11-15,17-18,20-23,26,28-29,31-35,37-38,40-47H2,1-3H3,(H,53,56)/b10-7+,19-16+,25-24+,30-27+,39-36+. The lowest BCUT2D eigenvalue weighted by molar-refractivity contribution is -0.150. The van der Waals surface area contributed by atoms with E-state index >= 15 is 0 Å². The minimum atomic E-state index is -0.798. The van der Waals surface area contributed by atoms with Crippen molar-refractivity contribution < 1.29 is 24.5 Å². The molecule has 0 rings (SSSR count). The van der Waals surface area contributed by atoms with Crippen molar-refractivity contribution in [2.75, 3.05) is 6.61 Å². The van der Waals surface area contributed by atoms with Crippen LogP contribution >= 0.6 is 0 Å². The van der Waals surface area contributed by atoms with E-state index in [1.165, 1.54) is 109 Å². The number of carbonyl (C=O) groups excluding carboxylic acids is 2. The Kier molecular flexibility index (Phi) is 43.7. The molecule has 6 heteroatoms. The molecule has 0 aromatic rings. The molecule has 0 saturated heterocycles. The molecule has 3 N–H and O–H groups in total. The number of aliphatic hydroxyl groups is 2. The topological polar surface area (TPSA) is 95.9 Å². The molecule has 0 saturated carbocycles. The largest absolute Gasteiger partial charge is 0.462 e. The van der Waals surface area contributed by atoms with Gasteiger partial charge in [-0.1, -0.05) is 223 Å². The zero-order valence-corrected chi connectivity index (χ0v) is 38.2. The molecule has 0 aliphatic rings. The van der Waals surface area contributed by atoms with Gasteiger partial charge in [0.2, 0.25) is 5.91 Å². The summed E-state index contributed by atoms with van der Waals surface area (Å²) < 4.78 is 5.88. The van der Waals surface area contributed by atoms with Gasteiger partial charge < -0.3 is 20.3 Å². The molecule has 0 radical (unpaired) electrons. The maximum atomic E-state index is 13.2. The van der Waals surface area contributed by atoms with E-state index in [-0.39, 0.29) is 31.3 Å². The van der Waals surface area contributed by atoms with Gasteiger partial charge in [-0.15, -0.1) is 0 Å². The van der Waals surface area contributed by atoms with Crippen molar-refractivity contribution in [2.24, 2.45) is 0 Å². The molecule has 0 bridgehead atoms. The van der Waals surface area contributed by atoms with Crippen LogP contribution in [0.25, 0.3) is 0 Å². The Morgan fingerprint density at radius 3 is 1.31 bits per heavy atom. The highest BCUT2D eigenvalue weighted by atomic mass is 16.5. The molecule has 0 fully saturated rings. The third kappa shape index (κ3) is 40.3. The van der Waals surface area contributed by atoms with Crippen molar-refractivity contribution in [3.8, 4) is 0 Å². The molecule has 0 aliphatic heterocycles. The maximum absolute atomic E-state index is 13.2. The molecular formula is C52H93NO5. The number of hydrogen-bond donors (Lipinski definition) is 3. The van der Waals surface area contributed by atoms with E-state index in [1.807, 2.05) is 6.08 Å². The van der Waals surface area contributed by atoms with Gasteiger partial charge in [0.25, 0.3) is 0 Å². The molecule has 58 heavy (non-hydrogen) atoms. The summed E-state index contributed by atoms with van der Waals surface area (Å²) in [6.07, 6.45) is 55.7. The molecular weight excluding hydrogens is 719 g/mol. The molecule has 6 nitrogen and oxygen atoms in total. The van der Waals surface area contributed by atoms with E-state index in [4.69, 9.17) is 4.74 Å². The number of unbranched alkanes of at least 4 members (excludes halogenated alkanes) is 21. The fraction of sp³-hybridized carbons (Fsp3) is 0.769. The Labute approximate surface area is 358 Å². The van der Waals surface area contributed by atoms with Crippen molar-refractivity contribution >= 4 is 11.9 Å². The Morgan fingerprint density at radius 2 is 0.897 bits per heavy atom. The lowest BCUT2D eigenvalue weighted by Gasteiger charge is -2.24. The van der Waals surface area contributed by atoms with E-state index in [9.17, 15) is 19.8 Å². The van der Waals surface area contributed by atoms with E-state index in [1.54, 1.807) is 0 Å². The Bertz CT molecular complexity index is 1050. The number of allylic oxidation sites excluding steroid dienone is 10. The zero-order valence-electron chi connectivity index (χ0n) is 38.2. The van der Waals surface area contributed by atoms with Crippen LogP contribution in [0.2, 0.25) is 0 Å². The van der Waals surface area contributed by atoms with Crippen LogP contribution in [0.3, 0.4) is 0 Å². The monoisotopic (exact) mass is 812 g/mol. The predicted molar refractivity (Wildman–Crippen MR) is 250 cm³/mol. The quantitative estimate of drug-likeness (QED) is 0.0324. The van der Waals surface area contributed by atoms with E-state index in [2.05, 4.69) is 80.8 Å². The van der Waals surface area contributed by atoms with E-state index < -0.39 is 18.2 Å². The summed E-state index contributed by atoms with van der Waals surface area (Å²) in [7, 11) is 0. The van der Waals surface area contributed by atoms with E-state index in [0.29, 0.717) is 19.3 Å². The van der Waals surface area contributed by atoms with Crippen LogP contribution in [0.15, 0.2) is 60.8 Å². The van der Waals surface area contributed by atoms with Crippen molar-refractivity contribution in [2.45, 2.75) is 251 Å². The van der Waals surface area contributed by atoms with Gasteiger partial charge in [0.05, 0.1) is 25.2 Å². The molecule has 0 heterocycles. The second-order valence-corrected chi connectivity index (χ2v) is 16.5. The Hall–Kier alpha value is -2.44. The number of rotatable bonds is 43. The smallest absolute Gasteiger partial charge is 0.306 e. The Balaban J connectivity index is 4.68. The number of nitrogens with one attached hydrogen (secondary N) is 1. The van der Waals surface area contributed by atoms with Crippen molar-refractivity contribution in [3.05, 3.63) is 60.8 Å². The number of aliphatic hydroxyl groups excluding tert-OH is 2. The van der Waals surface area contributed by atoms with E-state index in [0.717, 1.165) is 70.6 Å². The van der Waals surface area contributed by atoms with Gasteiger partial charge in [0.1, 0.15) is 6.10 Å². The minimum Gasteiger partial charge on any atom is -0.462 e. The van der Waals surface area contributed by atoms with Gasteiger partial charge in [-0.2, -0.15) is 0 Å². The lowest BCUT2D eigenvalue weighted by atomic mass is 10.0. The number of amides is 1. The van der Waals surface area contributed by atoms with Crippen LogP contribution in [-0.4, -0.2) is 46.9 Å². The van der Waals surface area contributed by atoms with Crippen molar-refractivity contribution in [1.82, 2.24) is 5.32 Å². The molecule has 0 aromatic carbocycles. The predicted octanol–water partition coefficient (Wildman–Crippen LogP) is 14.5. The average molecular weight is 812 g/mol. The summed E-state index contributed by atoms with van der Waals surface area (Å²) in [6.45, 7) is 6.34. The zero-order chi connectivity index (χ0) is 42.4. The molecule has 336 valence electrons. The van der Waals surface area contributed by atoms with Crippen molar-refractivity contribution in [3.63, 3.8) is 0 Å². The van der Waals surface area contributed by atoms with Crippen LogP contribution in [0.4, 0.5) is 0 Å². The molecule has 0 aliphatic carbocycles. The maximum Gasteiger partial charge on any atom is 0.306 e.